The van der Waals surface area contributed by atoms with E-state index in [1.54, 1.807) is 17.8 Å². The smallest absolute Gasteiger partial charge is 0.252 e. The fourth-order valence-electron chi connectivity index (χ4n) is 3.10. The molecule has 2 atom stereocenters. The maximum Gasteiger partial charge on any atom is 0.252 e. The first-order chi connectivity index (χ1) is 13.1. The third-order valence-electron chi connectivity index (χ3n) is 4.52. The van der Waals surface area contributed by atoms with Gasteiger partial charge in [-0.05, 0) is 18.9 Å². The van der Waals surface area contributed by atoms with Crippen molar-refractivity contribution in [1.82, 2.24) is 9.88 Å². The van der Waals surface area contributed by atoms with Crippen molar-refractivity contribution in [3.63, 3.8) is 0 Å². The van der Waals surface area contributed by atoms with Gasteiger partial charge in [-0.2, -0.15) is 0 Å². The summed E-state index contributed by atoms with van der Waals surface area (Å²) < 4.78 is 5.43. The van der Waals surface area contributed by atoms with Crippen LogP contribution < -0.4 is 10.6 Å². The molecule has 0 saturated carbocycles. The number of carbonyl (C=O) groups is 2. The van der Waals surface area contributed by atoms with Crippen molar-refractivity contribution in [1.29, 1.82) is 0 Å². The molecule has 7 nitrogen and oxygen atoms in total. The van der Waals surface area contributed by atoms with Crippen molar-refractivity contribution in [2.24, 2.45) is 5.73 Å². The zero-order valence-corrected chi connectivity index (χ0v) is 16.1. The molecule has 2 heterocycles. The summed E-state index contributed by atoms with van der Waals surface area (Å²) in [5, 5.41) is 1.69. The second-order valence-corrected chi connectivity index (χ2v) is 7.22. The van der Waals surface area contributed by atoms with E-state index in [4.69, 9.17) is 10.5 Å². The van der Waals surface area contributed by atoms with Crippen molar-refractivity contribution in [3.8, 4) is 0 Å². The molecular formula is C19H24N4O3S. The van der Waals surface area contributed by atoms with Crippen LogP contribution in [0.15, 0.2) is 41.2 Å². The molecule has 0 aliphatic carbocycles. The van der Waals surface area contributed by atoms with Crippen LogP contribution in [0.25, 0.3) is 0 Å². The van der Waals surface area contributed by atoms with Gasteiger partial charge in [0.05, 0.1) is 30.8 Å². The minimum absolute atomic E-state index is 0.297. The van der Waals surface area contributed by atoms with Crippen molar-refractivity contribution in [3.05, 3.63) is 46.8 Å². The van der Waals surface area contributed by atoms with Crippen molar-refractivity contribution in [2.45, 2.75) is 25.4 Å². The van der Waals surface area contributed by atoms with Crippen molar-refractivity contribution in [2.75, 3.05) is 31.2 Å². The lowest BCUT2D eigenvalue weighted by atomic mass is 10.0. The Bertz CT molecular complexity index is 746. The molecule has 2 amide bonds. The first kappa shape index (κ1) is 19.6. The number of carbonyl (C=O) groups excluding carboxylic acids is 2. The van der Waals surface area contributed by atoms with E-state index in [9.17, 15) is 9.59 Å². The second kappa shape index (κ2) is 9.18. The van der Waals surface area contributed by atoms with Gasteiger partial charge in [-0.3, -0.25) is 14.5 Å². The molecule has 27 heavy (non-hydrogen) atoms. The van der Waals surface area contributed by atoms with E-state index in [1.165, 1.54) is 11.3 Å². The number of thiazole rings is 1. The summed E-state index contributed by atoms with van der Waals surface area (Å²) in [4.78, 5) is 33.6. The number of nitrogens with zero attached hydrogens (tertiary/aromatic N) is 3. The van der Waals surface area contributed by atoms with Crippen LogP contribution in [0.5, 0.6) is 0 Å². The average molecular weight is 388 g/mol. The number of imide groups is 1. The van der Waals surface area contributed by atoms with Gasteiger partial charge in [0.2, 0.25) is 0 Å². The van der Waals surface area contributed by atoms with Crippen LogP contribution >= 0.6 is 11.3 Å². The minimum Gasteiger partial charge on any atom is -0.379 e. The Labute approximate surface area is 162 Å². The molecule has 1 aliphatic heterocycles. The third kappa shape index (κ3) is 4.78. The largest absolute Gasteiger partial charge is 0.379 e. The van der Waals surface area contributed by atoms with Gasteiger partial charge in [-0.15, -0.1) is 11.3 Å². The SMILES string of the molecule is C[C@H](N)C(=O)N(C(=O)C(Cc1ccccc1)N1CCOCC1)c1cscn1. The van der Waals surface area contributed by atoms with Crippen LogP contribution in [-0.2, 0) is 20.7 Å². The Morgan fingerprint density at radius 2 is 1.96 bits per heavy atom. The monoisotopic (exact) mass is 388 g/mol. The maximum absolute atomic E-state index is 13.5. The summed E-state index contributed by atoms with van der Waals surface area (Å²) in [5.74, 6) is -0.412. The van der Waals surface area contributed by atoms with E-state index in [1.807, 2.05) is 30.3 Å². The number of hydrogen-bond donors (Lipinski definition) is 1. The number of ether oxygens (including phenoxy) is 1. The van der Waals surface area contributed by atoms with Crippen LogP contribution in [0.3, 0.4) is 0 Å². The van der Waals surface area contributed by atoms with Crippen molar-refractivity contribution < 1.29 is 14.3 Å². The lowest BCUT2D eigenvalue weighted by Crippen LogP contribution is -2.57. The third-order valence-corrected chi connectivity index (χ3v) is 5.10. The number of hydrogen-bond acceptors (Lipinski definition) is 7. The molecule has 1 saturated heterocycles. The molecule has 144 valence electrons. The van der Waals surface area contributed by atoms with Gasteiger partial charge in [-0.25, -0.2) is 9.88 Å². The molecule has 0 spiro atoms. The Hall–Kier alpha value is -2.13. The zero-order chi connectivity index (χ0) is 19.2. The number of morpholine rings is 1. The topological polar surface area (TPSA) is 88.8 Å². The summed E-state index contributed by atoms with van der Waals surface area (Å²) >= 11 is 1.33. The summed E-state index contributed by atoms with van der Waals surface area (Å²) in [6.07, 6.45) is 0.506. The van der Waals surface area contributed by atoms with E-state index in [0.717, 1.165) is 10.5 Å². The van der Waals surface area contributed by atoms with Gasteiger partial charge in [0, 0.05) is 18.5 Å². The summed E-state index contributed by atoms with van der Waals surface area (Å²) in [5.41, 5.74) is 8.45. The maximum atomic E-state index is 13.5. The molecule has 0 bridgehead atoms. The number of benzene rings is 1. The zero-order valence-electron chi connectivity index (χ0n) is 15.3. The molecule has 2 N–H and O–H groups in total. The number of rotatable bonds is 6. The highest BCUT2D eigenvalue weighted by Crippen LogP contribution is 2.20. The number of nitrogens with two attached hydrogens (primary N) is 1. The highest BCUT2D eigenvalue weighted by molar-refractivity contribution is 7.08. The van der Waals surface area contributed by atoms with Crippen LogP contribution in [0, 0.1) is 0 Å². The fourth-order valence-corrected chi connectivity index (χ4v) is 3.62. The molecule has 2 aromatic rings. The van der Waals surface area contributed by atoms with Crippen LogP contribution in [0.2, 0.25) is 0 Å². The minimum atomic E-state index is -0.794. The molecule has 1 fully saturated rings. The predicted molar refractivity (Wildman–Crippen MR) is 105 cm³/mol. The van der Waals surface area contributed by atoms with E-state index in [2.05, 4.69) is 9.88 Å². The van der Waals surface area contributed by atoms with Crippen molar-refractivity contribution >= 4 is 29.0 Å². The van der Waals surface area contributed by atoms with E-state index in [-0.39, 0.29) is 5.91 Å². The Morgan fingerprint density at radius 1 is 1.26 bits per heavy atom. The van der Waals surface area contributed by atoms with Gasteiger partial charge in [0.25, 0.3) is 11.8 Å². The summed E-state index contributed by atoms with van der Waals surface area (Å²) in [6.45, 7) is 3.99. The molecule has 1 aromatic heterocycles. The molecule has 3 rings (SSSR count). The molecule has 1 unspecified atom stereocenters. The van der Waals surface area contributed by atoms with Gasteiger partial charge >= 0.3 is 0 Å². The van der Waals surface area contributed by atoms with Gasteiger partial charge in [0.15, 0.2) is 5.82 Å². The first-order valence-electron chi connectivity index (χ1n) is 8.95. The molecular weight excluding hydrogens is 364 g/mol. The lowest BCUT2D eigenvalue weighted by molar-refractivity contribution is -0.131. The van der Waals surface area contributed by atoms with Crippen LogP contribution in [0.4, 0.5) is 5.82 Å². The number of amides is 2. The highest BCUT2D eigenvalue weighted by Gasteiger charge is 2.36. The van der Waals surface area contributed by atoms with E-state index >= 15 is 0 Å². The fraction of sp³-hybridized carbons (Fsp3) is 0.421. The van der Waals surface area contributed by atoms with Crippen LogP contribution in [-0.4, -0.2) is 60.1 Å². The average Bonchev–Trinajstić information content (AvgIpc) is 3.21. The lowest BCUT2D eigenvalue weighted by Gasteiger charge is -2.36. The summed E-state index contributed by atoms with van der Waals surface area (Å²) in [7, 11) is 0. The quantitative estimate of drug-likeness (QED) is 0.802. The van der Waals surface area contributed by atoms with E-state index < -0.39 is 18.0 Å². The summed E-state index contributed by atoms with van der Waals surface area (Å²) in [6, 6.07) is 8.53. The number of anilines is 1. The predicted octanol–water partition coefficient (Wildman–Crippen LogP) is 1.29. The Kier molecular flexibility index (Phi) is 6.68. The standard InChI is InChI=1S/C19H24N4O3S/c1-14(20)18(24)23(17-12-27-13-21-17)19(25)16(22-7-9-26-10-8-22)11-15-5-3-2-4-6-15/h2-6,12-14,16H,7-11,20H2,1H3/t14-,16?/m0/s1. The van der Waals surface area contributed by atoms with Gasteiger partial charge in [-0.1, -0.05) is 30.3 Å². The molecule has 1 aliphatic rings. The van der Waals surface area contributed by atoms with Crippen LogP contribution in [0.1, 0.15) is 12.5 Å². The van der Waals surface area contributed by atoms with Gasteiger partial charge < -0.3 is 10.5 Å². The highest BCUT2D eigenvalue weighted by atomic mass is 32.1. The second-order valence-electron chi connectivity index (χ2n) is 6.50. The molecule has 8 heteroatoms. The van der Waals surface area contributed by atoms with Gasteiger partial charge in [0.1, 0.15) is 0 Å². The number of aromatic nitrogens is 1. The Balaban J connectivity index is 1.92. The molecule has 0 radical (unpaired) electrons. The Morgan fingerprint density at radius 3 is 2.56 bits per heavy atom. The van der Waals surface area contributed by atoms with E-state index in [0.29, 0.717) is 38.5 Å². The normalized spacial score (nSPS) is 17.3. The molecule has 1 aromatic carbocycles. The first-order valence-corrected chi connectivity index (χ1v) is 9.89.